The molecule has 0 saturated heterocycles. The molecular formula is C12H19N3O3. The van der Waals surface area contributed by atoms with Gasteiger partial charge in [-0.2, -0.15) is 0 Å². The van der Waals surface area contributed by atoms with Crippen LogP contribution in [0.2, 0.25) is 0 Å². The van der Waals surface area contributed by atoms with E-state index in [0.29, 0.717) is 24.7 Å². The van der Waals surface area contributed by atoms with Gasteiger partial charge >= 0.3 is 5.97 Å². The van der Waals surface area contributed by atoms with E-state index in [4.69, 9.17) is 15.6 Å². The van der Waals surface area contributed by atoms with Crippen molar-refractivity contribution in [2.75, 3.05) is 30.9 Å². The first-order chi connectivity index (χ1) is 8.51. The van der Waals surface area contributed by atoms with Gasteiger partial charge in [-0.15, -0.1) is 0 Å². The van der Waals surface area contributed by atoms with Crippen LogP contribution in [0.15, 0.2) is 12.1 Å². The number of ether oxygens (including phenoxy) is 1. The molecular weight excluding hydrogens is 234 g/mol. The number of nitrogen functional groups attached to an aromatic ring is 1. The number of hydrogen-bond acceptors (Lipinski definition) is 5. The van der Waals surface area contributed by atoms with E-state index in [1.807, 2.05) is 18.7 Å². The SMILES string of the molecule is CCN(c1nc(C(=O)O)ccc1N)C(C)COC. The summed E-state index contributed by atoms with van der Waals surface area (Å²) in [4.78, 5) is 16.9. The van der Waals surface area contributed by atoms with Crippen LogP contribution in [-0.4, -0.2) is 42.4 Å². The summed E-state index contributed by atoms with van der Waals surface area (Å²) < 4.78 is 5.10. The maximum absolute atomic E-state index is 10.9. The Labute approximate surface area is 106 Å². The molecule has 1 heterocycles. The Hall–Kier alpha value is -1.82. The highest BCUT2D eigenvalue weighted by Crippen LogP contribution is 2.22. The number of hydrogen-bond donors (Lipinski definition) is 2. The molecule has 0 aromatic carbocycles. The van der Waals surface area contributed by atoms with Gasteiger partial charge in [0.25, 0.3) is 0 Å². The third-order valence-electron chi connectivity index (χ3n) is 2.68. The second-order valence-corrected chi connectivity index (χ2v) is 4.00. The summed E-state index contributed by atoms with van der Waals surface area (Å²) in [6.07, 6.45) is 0. The first-order valence-electron chi connectivity index (χ1n) is 5.76. The fraction of sp³-hybridized carbons (Fsp3) is 0.500. The van der Waals surface area contributed by atoms with E-state index >= 15 is 0 Å². The molecule has 6 nitrogen and oxygen atoms in total. The van der Waals surface area contributed by atoms with Gasteiger partial charge in [-0.3, -0.25) is 0 Å². The second kappa shape index (κ2) is 6.20. The van der Waals surface area contributed by atoms with E-state index in [1.54, 1.807) is 13.2 Å². The number of methoxy groups -OCH3 is 1. The first-order valence-corrected chi connectivity index (χ1v) is 5.76. The first kappa shape index (κ1) is 14.2. The molecule has 1 aromatic rings. The summed E-state index contributed by atoms with van der Waals surface area (Å²) in [7, 11) is 1.62. The highest BCUT2D eigenvalue weighted by molar-refractivity contribution is 5.87. The molecule has 18 heavy (non-hydrogen) atoms. The van der Waals surface area contributed by atoms with Gasteiger partial charge in [0.2, 0.25) is 0 Å². The lowest BCUT2D eigenvalue weighted by Crippen LogP contribution is -2.37. The molecule has 0 saturated carbocycles. The number of nitrogens with zero attached hydrogens (tertiary/aromatic N) is 2. The Morgan fingerprint density at radius 2 is 2.28 bits per heavy atom. The Balaban J connectivity index is 3.11. The van der Waals surface area contributed by atoms with Crippen LogP contribution in [0.5, 0.6) is 0 Å². The fourth-order valence-corrected chi connectivity index (χ4v) is 1.81. The molecule has 1 aromatic heterocycles. The predicted molar refractivity (Wildman–Crippen MR) is 70.0 cm³/mol. The molecule has 0 fully saturated rings. The molecule has 1 rings (SSSR count). The number of rotatable bonds is 6. The Morgan fingerprint density at radius 3 is 2.78 bits per heavy atom. The number of carboxylic acid groups (broad SMARTS) is 1. The minimum absolute atomic E-state index is 0.0118. The number of carbonyl (C=O) groups is 1. The van der Waals surface area contributed by atoms with Gasteiger partial charge in [-0.1, -0.05) is 0 Å². The number of aromatic carboxylic acids is 1. The lowest BCUT2D eigenvalue weighted by Gasteiger charge is -2.29. The molecule has 0 aliphatic heterocycles. The van der Waals surface area contributed by atoms with Crippen LogP contribution in [0.25, 0.3) is 0 Å². The highest BCUT2D eigenvalue weighted by Gasteiger charge is 2.18. The van der Waals surface area contributed by atoms with Crippen LogP contribution in [0.1, 0.15) is 24.3 Å². The van der Waals surface area contributed by atoms with E-state index in [9.17, 15) is 4.79 Å². The normalized spacial score (nSPS) is 12.2. The second-order valence-electron chi connectivity index (χ2n) is 4.00. The molecule has 6 heteroatoms. The summed E-state index contributed by atoms with van der Waals surface area (Å²) >= 11 is 0. The van der Waals surface area contributed by atoms with Crippen molar-refractivity contribution in [2.45, 2.75) is 19.9 Å². The lowest BCUT2D eigenvalue weighted by molar-refractivity contribution is 0.0690. The van der Waals surface area contributed by atoms with Crippen LogP contribution in [0.3, 0.4) is 0 Å². The summed E-state index contributed by atoms with van der Waals surface area (Å²) in [5, 5.41) is 8.95. The molecule has 0 radical (unpaired) electrons. The summed E-state index contributed by atoms with van der Waals surface area (Å²) in [5.41, 5.74) is 6.31. The van der Waals surface area contributed by atoms with Crippen molar-refractivity contribution in [2.24, 2.45) is 0 Å². The molecule has 100 valence electrons. The quantitative estimate of drug-likeness (QED) is 0.792. The zero-order valence-electron chi connectivity index (χ0n) is 10.9. The van der Waals surface area contributed by atoms with Gasteiger partial charge < -0.3 is 20.5 Å². The average Bonchev–Trinajstić information content (AvgIpc) is 2.32. The van der Waals surface area contributed by atoms with Gasteiger partial charge in [0.1, 0.15) is 0 Å². The van der Waals surface area contributed by atoms with E-state index < -0.39 is 5.97 Å². The Kier molecular flexibility index (Phi) is 4.91. The van der Waals surface area contributed by atoms with Crippen LogP contribution >= 0.6 is 0 Å². The minimum Gasteiger partial charge on any atom is -0.477 e. The average molecular weight is 253 g/mol. The molecule has 1 unspecified atom stereocenters. The van der Waals surface area contributed by atoms with Crippen molar-refractivity contribution >= 4 is 17.5 Å². The number of aromatic nitrogens is 1. The maximum atomic E-state index is 10.9. The van der Waals surface area contributed by atoms with Crippen molar-refractivity contribution in [3.8, 4) is 0 Å². The van der Waals surface area contributed by atoms with Crippen molar-refractivity contribution in [3.05, 3.63) is 17.8 Å². The van der Waals surface area contributed by atoms with Crippen molar-refractivity contribution in [1.29, 1.82) is 0 Å². The molecule has 0 aliphatic carbocycles. The van der Waals surface area contributed by atoms with Gasteiger partial charge in [-0.05, 0) is 26.0 Å². The predicted octanol–water partition coefficient (Wildman–Crippen LogP) is 1.22. The van der Waals surface area contributed by atoms with E-state index in [1.165, 1.54) is 6.07 Å². The van der Waals surface area contributed by atoms with Crippen molar-refractivity contribution < 1.29 is 14.6 Å². The summed E-state index contributed by atoms with van der Waals surface area (Å²) in [6, 6.07) is 3.03. The monoisotopic (exact) mass is 253 g/mol. The van der Waals surface area contributed by atoms with Crippen LogP contribution < -0.4 is 10.6 Å². The van der Waals surface area contributed by atoms with Crippen molar-refractivity contribution in [3.63, 3.8) is 0 Å². The van der Waals surface area contributed by atoms with E-state index in [2.05, 4.69) is 4.98 Å². The fourth-order valence-electron chi connectivity index (χ4n) is 1.81. The minimum atomic E-state index is -1.06. The molecule has 0 spiro atoms. The number of carboxylic acids is 1. The number of likely N-dealkylation sites (N-methyl/N-ethyl adjacent to an activating group) is 1. The van der Waals surface area contributed by atoms with Gasteiger partial charge in [0, 0.05) is 13.7 Å². The third-order valence-corrected chi connectivity index (χ3v) is 2.68. The smallest absolute Gasteiger partial charge is 0.354 e. The largest absolute Gasteiger partial charge is 0.477 e. The summed E-state index contributed by atoms with van der Waals surface area (Å²) in [6.45, 7) is 5.12. The van der Waals surface area contributed by atoms with E-state index in [-0.39, 0.29) is 11.7 Å². The molecule has 3 N–H and O–H groups in total. The number of anilines is 2. The van der Waals surface area contributed by atoms with Gasteiger partial charge in [0.15, 0.2) is 11.5 Å². The highest BCUT2D eigenvalue weighted by atomic mass is 16.5. The van der Waals surface area contributed by atoms with Crippen LogP contribution in [-0.2, 0) is 4.74 Å². The zero-order chi connectivity index (χ0) is 13.7. The van der Waals surface area contributed by atoms with E-state index in [0.717, 1.165) is 0 Å². The standard InChI is InChI=1S/C12H19N3O3/c1-4-15(8(2)7-18-3)11-9(13)5-6-10(14-11)12(16)17/h5-6,8H,4,7,13H2,1-3H3,(H,16,17). The molecule has 0 amide bonds. The maximum Gasteiger partial charge on any atom is 0.354 e. The van der Waals surface area contributed by atoms with Crippen LogP contribution in [0, 0.1) is 0 Å². The molecule has 0 bridgehead atoms. The van der Waals surface area contributed by atoms with Crippen LogP contribution in [0.4, 0.5) is 11.5 Å². The molecule has 0 aliphatic rings. The Bertz CT molecular complexity index is 423. The topological polar surface area (TPSA) is 88.7 Å². The number of nitrogens with two attached hydrogens (primary N) is 1. The van der Waals surface area contributed by atoms with Gasteiger partial charge in [-0.25, -0.2) is 9.78 Å². The number of pyridine rings is 1. The van der Waals surface area contributed by atoms with Crippen molar-refractivity contribution in [1.82, 2.24) is 4.98 Å². The lowest BCUT2D eigenvalue weighted by atomic mass is 10.2. The summed E-state index contributed by atoms with van der Waals surface area (Å²) in [5.74, 6) is -0.575. The third kappa shape index (κ3) is 3.10. The Morgan fingerprint density at radius 1 is 1.61 bits per heavy atom. The molecule has 1 atom stereocenters. The zero-order valence-corrected chi connectivity index (χ0v) is 10.9. The van der Waals surface area contributed by atoms with Gasteiger partial charge in [0.05, 0.1) is 18.3 Å².